The van der Waals surface area contributed by atoms with Gasteiger partial charge in [0.2, 0.25) is 10.0 Å². The van der Waals surface area contributed by atoms with E-state index in [2.05, 4.69) is 4.99 Å². The van der Waals surface area contributed by atoms with Crippen LogP contribution in [0.1, 0.15) is 45.5 Å². The molecule has 1 aromatic carbocycles. The summed E-state index contributed by atoms with van der Waals surface area (Å²) in [7, 11) is -0.466. The molecule has 2 heterocycles. The lowest BCUT2D eigenvalue weighted by Crippen LogP contribution is -2.34. The van der Waals surface area contributed by atoms with Gasteiger partial charge in [-0.2, -0.15) is 9.30 Å². The predicted molar refractivity (Wildman–Crippen MR) is 119 cm³/mol. The lowest BCUT2D eigenvalue weighted by atomic mass is 10.2. The van der Waals surface area contributed by atoms with Crippen molar-refractivity contribution in [1.29, 1.82) is 0 Å². The number of likely N-dealkylation sites (N-methyl/N-ethyl adjacent to an activating group) is 1. The highest BCUT2D eigenvalue weighted by molar-refractivity contribution is 7.89. The van der Waals surface area contributed by atoms with Gasteiger partial charge in [-0.05, 0) is 51.0 Å². The van der Waals surface area contributed by atoms with Crippen LogP contribution in [0.25, 0.3) is 0 Å². The molecule has 1 amide bonds. The summed E-state index contributed by atoms with van der Waals surface area (Å²) in [6.07, 6.45) is 1.68. The lowest BCUT2D eigenvalue weighted by Gasteiger charge is -2.20. The monoisotopic (exact) mass is 481 g/mol. The summed E-state index contributed by atoms with van der Waals surface area (Å²) in [6.45, 7) is 4.67. The van der Waals surface area contributed by atoms with Crippen molar-refractivity contribution in [3.8, 4) is 0 Å². The molecule has 9 nitrogen and oxygen atoms in total. The largest absolute Gasteiger partial charge is 0.462 e. The highest BCUT2D eigenvalue weighted by Gasteiger charge is 2.26. The van der Waals surface area contributed by atoms with Gasteiger partial charge in [0, 0.05) is 38.5 Å². The zero-order valence-electron chi connectivity index (χ0n) is 18.5. The molecule has 2 aromatic rings. The van der Waals surface area contributed by atoms with Crippen molar-refractivity contribution in [2.24, 2.45) is 12.0 Å². The van der Waals surface area contributed by atoms with Crippen molar-refractivity contribution < 1.29 is 27.5 Å². The van der Waals surface area contributed by atoms with Crippen molar-refractivity contribution in [2.45, 2.75) is 37.7 Å². The van der Waals surface area contributed by atoms with E-state index < -0.39 is 21.9 Å². The normalized spacial score (nSPS) is 17.2. The second-order valence-electron chi connectivity index (χ2n) is 7.44. The van der Waals surface area contributed by atoms with Crippen LogP contribution in [-0.4, -0.2) is 62.1 Å². The maximum atomic E-state index is 12.8. The minimum absolute atomic E-state index is 0.0936. The first-order chi connectivity index (χ1) is 15.1. The molecule has 3 rings (SSSR count). The third-order valence-electron chi connectivity index (χ3n) is 5.26. The number of hydrogen-bond acceptors (Lipinski definition) is 7. The molecule has 0 saturated carbocycles. The Bertz CT molecular complexity index is 1160. The van der Waals surface area contributed by atoms with Gasteiger partial charge in [0.1, 0.15) is 4.88 Å². The van der Waals surface area contributed by atoms with Crippen molar-refractivity contribution >= 4 is 33.2 Å². The fourth-order valence-electron chi connectivity index (χ4n) is 3.29. The van der Waals surface area contributed by atoms with Crippen LogP contribution in [0.2, 0.25) is 0 Å². The first-order valence-electron chi connectivity index (χ1n) is 10.3. The zero-order valence-corrected chi connectivity index (χ0v) is 20.2. The highest BCUT2D eigenvalue weighted by Crippen LogP contribution is 2.19. The predicted octanol–water partition coefficient (Wildman–Crippen LogP) is 2.11. The lowest BCUT2D eigenvalue weighted by molar-refractivity contribution is 0.0530. The number of rotatable bonds is 7. The molecule has 1 atom stereocenters. The molecule has 0 N–H and O–H groups in total. The Labute approximate surface area is 191 Å². The van der Waals surface area contributed by atoms with Gasteiger partial charge < -0.3 is 14.0 Å². The second kappa shape index (κ2) is 10.1. The van der Waals surface area contributed by atoms with E-state index in [-0.39, 0.29) is 29.7 Å². The maximum absolute atomic E-state index is 12.8. The summed E-state index contributed by atoms with van der Waals surface area (Å²) in [5.74, 6) is -0.991. The van der Waals surface area contributed by atoms with Gasteiger partial charge in [-0.3, -0.25) is 4.79 Å². The van der Waals surface area contributed by atoms with Gasteiger partial charge in [-0.25, -0.2) is 13.2 Å². The van der Waals surface area contributed by atoms with Gasteiger partial charge in [-0.15, -0.1) is 0 Å². The fourth-order valence-corrected chi connectivity index (χ4v) is 5.50. The van der Waals surface area contributed by atoms with Crippen LogP contribution in [0.3, 0.4) is 0 Å². The number of nitrogens with zero attached hydrogens (tertiary/aromatic N) is 3. The van der Waals surface area contributed by atoms with E-state index in [0.717, 1.165) is 24.2 Å². The minimum Gasteiger partial charge on any atom is -0.462 e. The van der Waals surface area contributed by atoms with Gasteiger partial charge >= 0.3 is 5.97 Å². The van der Waals surface area contributed by atoms with Crippen LogP contribution in [0, 0.1) is 6.92 Å². The SMILES string of the molecule is CCOC(=O)c1sc(=NC(=O)c2ccc(S(=O)(=O)N(C)CC3CCCO3)cc2)n(C)c1C. The average molecular weight is 482 g/mol. The number of carbonyl (C=O) groups excluding carboxylic acids is 2. The van der Waals surface area contributed by atoms with Gasteiger partial charge in [-0.1, -0.05) is 11.3 Å². The maximum Gasteiger partial charge on any atom is 0.350 e. The molecule has 174 valence electrons. The van der Waals surface area contributed by atoms with E-state index in [1.54, 1.807) is 25.5 Å². The molecule has 0 spiro atoms. The molecule has 1 aliphatic heterocycles. The summed E-state index contributed by atoms with van der Waals surface area (Å²) in [6, 6.07) is 5.66. The molecule has 1 aliphatic rings. The number of hydrogen-bond donors (Lipinski definition) is 0. The van der Waals surface area contributed by atoms with E-state index in [1.807, 2.05) is 0 Å². The topological polar surface area (TPSA) is 107 Å². The Morgan fingerprint density at radius 1 is 1.31 bits per heavy atom. The molecule has 1 unspecified atom stereocenters. The summed E-state index contributed by atoms with van der Waals surface area (Å²) in [5, 5.41) is 0. The number of amides is 1. The van der Waals surface area contributed by atoms with Crippen LogP contribution in [0.4, 0.5) is 0 Å². The summed E-state index contributed by atoms with van der Waals surface area (Å²) >= 11 is 1.07. The number of ether oxygens (including phenoxy) is 2. The summed E-state index contributed by atoms with van der Waals surface area (Å²) in [5.41, 5.74) is 0.894. The van der Waals surface area contributed by atoms with Crippen molar-refractivity contribution in [1.82, 2.24) is 8.87 Å². The van der Waals surface area contributed by atoms with Crippen LogP contribution in [0.5, 0.6) is 0 Å². The number of aromatic nitrogens is 1. The molecule has 0 bridgehead atoms. The van der Waals surface area contributed by atoms with Crippen molar-refractivity contribution in [2.75, 3.05) is 26.8 Å². The van der Waals surface area contributed by atoms with Gasteiger partial charge in [0.25, 0.3) is 5.91 Å². The van der Waals surface area contributed by atoms with E-state index in [0.29, 0.717) is 22.0 Å². The Morgan fingerprint density at radius 3 is 2.59 bits per heavy atom. The van der Waals surface area contributed by atoms with E-state index in [4.69, 9.17) is 9.47 Å². The summed E-state index contributed by atoms with van der Waals surface area (Å²) < 4.78 is 39.1. The number of esters is 1. The Morgan fingerprint density at radius 2 is 2.00 bits per heavy atom. The molecular formula is C21H27N3O6S2. The van der Waals surface area contributed by atoms with E-state index in [1.165, 1.54) is 35.6 Å². The average Bonchev–Trinajstić information content (AvgIpc) is 3.37. The van der Waals surface area contributed by atoms with Gasteiger partial charge in [0.05, 0.1) is 17.6 Å². The number of carbonyl (C=O) groups is 2. The van der Waals surface area contributed by atoms with Crippen LogP contribution < -0.4 is 4.80 Å². The first-order valence-corrected chi connectivity index (χ1v) is 12.5. The Kier molecular flexibility index (Phi) is 7.65. The third kappa shape index (κ3) is 5.17. The molecule has 32 heavy (non-hydrogen) atoms. The fraction of sp³-hybridized carbons (Fsp3) is 0.476. The Balaban J connectivity index is 1.79. The molecular weight excluding hydrogens is 454 g/mol. The second-order valence-corrected chi connectivity index (χ2v) is 10.5. The zero-order chi connectivity index (χ0) is 23.5. The molecule has 0 aliphatic carbocycles. The molecule has 1 aromatic heterocycles. The van der Waals surface area contributed by atoms with Crippen molar-refractivity contribution in [3.63, 3.8) is 0 Å². The smallest absolute Gasteiger partial charge is 0.350 e. The molecule has 11 heteroatoms. The number of sulfonamides is 1. The van der Waals surface area contributed by atoms with E-state index in [9.17, 15) is 18.0 Å². The molecule has 1 saturated heterocycles. The number of thiazole rings is 1. The number of benzene rings is 1. The summed E-state index contributed by atoms with van der Waals surface area (Å²) in [4.78, 5) is 29.6. The Hall–Kier alpha value is -2.34. The van der Waals surface area contributed by atoms with E-state index >= 15 is 0 Å². The quantitative estimate of drug-likeness (QED) is 0.561. The molecule has 0 radical (unpaired) electrons. The van der Waals surface area contributed by atoms with Crippen LogP contribution in [0.15, 0.2) is 34.2 Å². The minimum atomic E-state index is -3.69. The molecule has 1 fully saturated rings. The van der Waals surface area contributed by atoms with Crippen LogP contribution >= 0.6 is 11.3 Å². The standard InChI is InChI=1S/C21H27N3O6S2/c1-5-29-20(26)18-14(2)24(4)21(31-18)22-19(25)15-8-10-17(11-9-15)32(27,28)23(3)13-16-7-6-12-30-16/h8-11,16H,5-7,12-13H2,1-4H3. The third-order valence-corrected chi connectivity index (χ3v) is 8.32. The first kappa shape index (κ1) is 24.3. The highest BCUT2D eigenvalue weighted by atomic mass is 32.2. The van der Waals surface area contributed by atoms with Crippen molar-refractivity contribution in [3.05, 3.63) is 45.2 Å². The van der Waals surface area contributed by atoms with Crippen LogP contribution in [-0.2, 0) is 26.5 Å². The van der Waals surface area contributed by atoms with Gasteiger partial charge in [0.15, 0.2) is 4.80 Å².